The molecule has 0 radical (unpaired) electrons. The van der Waals surface area contributed by atoms with Crippen molar-refractivity contribution in [1.29, 1.82) is 0 Å². The van der Waals surface area contributed by atoms with Gasteiger partial charge >= 0.3 is 0 Å². The van der Waals surface area contributed by atoms with Crippen LogP contribution in [0.5, 0.6) is 0 Å². The highest BCUT2D eigenvalue weighted by molar-refractivity contribution is 6.10. The molecule has 4 unspecified atom stereocenters. The fourth-order valence-corrected chi connectivity index (χ4v) is 5.15. The van der Waals surface area contributed by atoms with Crippen molar-refractivity contribution in [1.82, 2.24) is 5.32 Å². The van der Waals surface area contributed by atoms with E-state index in [1.54, 1.807) is 6.07 Å². The highest BCUT2D eigenvalue weighted by atomic mass is 16.2. The number of amides is 3. The molecule has 1 aromatic carbocycles. The highest BCUT2D eigenvalue weighted by Crippen LogP contribution is 2.49. The van der Waals surface area contributed by atoms with Crippen molar-refractivity contribution < 1.29 is 14.4 Å². The number of hydrogen-bond donors (Lipinski definition) is 2. The number of nitrogens with zero attached hydrogens (tertiary/aromatic N) is 1. The lowest BCUT2D eigenvalue weighted by Crippen LogP contribution is -2.43. The molecule has 4 rings (SSSR count). The second-order valence-electron chi connectivity index (χ2n) is 8.24. The van der Waals surface area contributed by atoms with Crippen LogP contribution >= 0.6 is 0 Å². The molecular formula is C21H27N3O3. The Kier molecular flexibility index (Phi) is 4.89. The molecule has 1 aliphatic heterocycles. The third-order valence-electron chi connectivity index (χ3n) is 6.46. The number of carbonyl (C=O) groups excluding carboxylic acids is 3. The van der Waals surface area contributed by atoms with Gasteiger partial charge in [0.25, 0.3) is 0 Å². The SMILES string of the molecule is CC(NC(=O)CCC(=O)N1CC(=O)Nc2ccccc21)C1CC2CCC1C2. The van der Waals surface area contributed by atoms with Gasteiger partial charge in [0.05, 0.1) is 11.4 Å². The number of rotatable bonds is 5. The van der Waals surface area contributed by atoms with E-state index in [9.17, 15) is 14.4 Å². The zero-order valence-corrected chi connectivity index (χ0v) is 15.7. The normalized spacial score (nSPS) is 27.1. The zero-order chi connectivity index (χ0) is 19.0. The Morgan fingerprint density at radius 3 is 2.78 bits per heavy atom. The fraction of sp³-hybridized carbons (Fsp3) is 0.571. The number of carbonyl (C=O) groups is 3. The van der Waals surface area contributed by atoms with Gasteiger partial charge in [-0.2, -0.15) is 0 Å². The molecule has 3 amide bonds. The van der Waals surface area contributed by atoms with E-state index in [4.69, 9.17) is 0 Å². The molecule has 1 aromatic rings. The summed E-state index contributed by atoms with van der Waals surface area (Å²) < 4.78 is 0. The van der Waals surface area contributed by atoms with Crippen molar-refractivity contribution in [2.24, 2.45) is 17.8 Å². The van der Waals surface area contributed by atoms with Gasteiger partial charge in [-0.1, -0.05) is 18.6 Å². The fourth-order valence-electron chi connectivity index (χ4n) is 5.15. The van der Waals surface area contributed by atoms with Crippen molar-refractivity contribution in [3.8, 4) is 0 Å². The van der Waals surface area contributed by atoms with Crippen LogP contribution in [0.15, 0.2) is 24.3 Å². The summed E-state index contributed by atoms with van der Waals surface area (Å²) in [7, 11) is 0. The maximum atomic E-state index is 12.6. The number of para-hydroxylation sites is 2. The summed E-state index contributed by atoms with van der Waals surface area (Å²) in [6.45, 7) is 2.09. The lowest BCUT2D eigenvalue weighted by Gasteiger charge is -2.30. The molecule has 2 saturated carbocycles. The molecule has 6 nitrogen and oxygen atoms in total. The molecule has 144 valence electrons. The molecule has 2 aliphatic carbocycles. The van der Waals surface area contributed by atoms with Gasteiger partial charge in [-0.25, -0.2) is 0 Å². The summed E-state index contributed by atoms with van der Waals surface area (Å²) in [5.74, 6) is 1.72. The molecular weight excluding hydrogens is 342 g/mol. The molecule has 2 N–H and O–H groups in total. The smallest absolute Gasteiger partial charge is 0.244 e. The van der Waals surface area contributed by atoms with Crippen LogP contribution in [0.25, 0.3) is 0 Å². The molecule has 4 atom stereocenters. The van der Waals surface area contributed by atoms with Crippen molar-refractivity contribution in [3.05, 3.63) is 24.3 Å². The lowest BCUT2D eigenvalue weighted by molar-refractivity contribution is -0.126. The number of fused-ring (bicyclic) bond motifs is 3. The van der Waals surface area contributed by atoms with Crippen molar-refractivity contribution in [3.63, 3.8) is 0 Å². The van der Waals surface area contributed by atoms with Crippen molar-refractivity contribution >= 4 is 29.1 Å². The topological polar surface area (TPSA) is 78.5 Å². The molecule has 0 saturated heterocycles. The molecule has 27 heavy (non-hydrogen) atoms. The average Bonchev–Trinajstić information content (AvgIpc) is 3.29. The first-order valence-electron chi connectivity index (χ1n) is 10.00. The molecule has 2 bridgehead atoms. The van der Waals surface area contributed by atoms with Gasteiger partial charge in [0.15, 0.2) is 0 Å². The molecule has 0 spiro atoms. The van der Waals surface area contributed by atoms with E-state index < -0.39 is 0 Å². The van der Waals surface area contributed by atoms with Crippen LogP contribution in [-0.2, 0) is 14.4 Å². The second-order valence-corrected chi connectivity index (χ2v) is 8.24. The minimum absolute atomic E-state index is 0.000981. The van der Waals surface area contributed by atoms with Gasteiger partial charge in [-0.15, -0.1) is 0 Å². The van der Waals surface area contributed by atoms with Crippen LogP contribution in [0.3, 0.4) is 0 Å². The molecule has 3 aliphatic rings. The standard InChI is InChI=1S/C21H27N3O3/c1-13(16-11-14-6-7-15(16)10-14)22-19(25)8-9-21(27)24-12-20(26)23-17-4-2-3-5-18(17)24/h2-5,13-16H,6-12H2,1H3,(H,22,25)(H,23,26). The summed E-state index contributed by atoms with van der Waals surface area (Å²) in [5, 5.41) is 5.87. The molecule has 1 heterocycles. The lowest BCUT2D eigenvalue weighted by atomic mass is 9.84. The van der Waals surface area contributed by atoms with Gasteiger partial charge in [0.1, 0.15) is 6.54 Å². The van der Waals surface area contributed by atoms with E-state index in [2.05, 4.69) is 17.6 Å². The molecule has 2 fully saturated rings. The number of nitrogens with one attached hydrogen (secondary N) is 2. The summed E-state index contributed by atoms with van der Waals surface area (Å²) in [4.78, 5) is 38.3. The van der Waals surface area contributed by atoms with Crippen LogP contribution in [0, 0.1) is 17.8 Å². The van der Waals surface area contributed by atoms with E-state index in [0.717, 1.165) is 11.8 Å². The third-order valence-corrected chi connectivity index (χ3v) is 6.46. The van der Waals surface area contributed by atoms with Gasteiger partial charge in [0.2, 0.25) is 17.7 Å². The maximum Gasteiger partial charge on any atom is 0.244 e. The first-order valence-corrected chi connectivity index (χ1v) is 10.00. The van der Waals surface area contributed by atoms with Crippen LogP contribution in [-0.4, -0.2) is 30.3 Å². The number of hydrogen-bond acceptors (Lipinski definition) is 3. The zero-order valence-electron chi connectivity index (χ0n) is 15.7. The van der Waals surface area contributed by atoms with Crippen molar-refractivity contribution in [2.75, 3.05) is 16.8 Å². The molecule has 0 aromatic heterocycles. The number of benzene rings is 1. The van der Waals surface area contributed by atoms with Crippen LogP contribution in [0.2, 0.25) is 0 Å². The highest BCUT2D eigenvalue weighted by Gasteiger charge is 2.42. The Morgan fingerprint density at radius 1 is 1.22 bits per heavy atom. The monoisotopic (exact) mass is 369 g/mol. The van der Waals surface area contributed by atoms with E-state index in [-0.39, 0.29) is 43.1 Å². The first kappa shape index (κ1) is 18.0. The Bertz CT molecular complexity index is 763. The van der Waals surface area contributed by atoms with E-state index >= 15 is 0 Å². The quantitative estimate of drug-likeness (QED) is 0.838. The van der Waals surface area contributed by atoms with Gasteiger partial charge < -0.3 is 15.5 Å². The van der Waals surface area contributed by atoms with Gasteiger partial charge in [-0.3, -0.25) is 14.4 Å². The third kappa shape index (κ3) is 3.70. The van der Waals surface area contributed by atoms with Crippen LogP contribution < -0.4 is 15.5 Å². The Morgan fingerprint density at radius 2 is 2.04 bits per heavy atom. The van der Waals surface area contributed by atoms with Gasteiger partial charge in [0, 0.05) is 18.9 Å². The number of anilines is 2. The van der Waals surface area contributed by atoms with Crippen molar-refractivity contribution in [2.45, 2.75) is 51.5 Å². The minimum atomic E-state index is -0.212. The van der Waals surface area contributed by atoms with E-state index in [1.165, 1.54) is 30.6 Å². The predicted octanol–water partition coefficient (Wildman–Crippen LogP) is 2.69. The maximum absolute atomic E-state index is 12.6. The summed E-state index contributed by atoms with van der Waals surface area (Å²) in [6.07, 6.45) is 5.46. The van der Waals surface area contributed by atoms with Gasteiger partial charge in [-0.05, 0) is 56.1 Å². The summed E-state index contributed by atoms with van der Waals surface area (Å²) in [6, 6.07) is 7.41. The van der Waals surface area contributed by atoms with Crippen LogP contribution in [0.1, 0.15) is 45.4 Å². The Balaban J connectivity index is 1.30. The summed E-state index contributed by atoms with van der Waals surface area (Å²) in [5.41, 5.74) is 1.33. The van der Waals surface area contributed by atoms with E-state index in [1.807, 2.05) is 18.2 Å². The minimum Gasteiger partial charge on any atom is -0.353 e. The Hall–Kier alpha value is -2.37. The second kappa shape index (κ2) is 7.33. The predicted molar refractivity (Wildman–Crippen MR) is 103 cm³/mol. The Labute approximate surface area is 159 Å². The largest absolute Gasteiger partial charge is 0.353 e. The summed E-state index contributed by atoms with van der Waals surface area (Å²) >= 11 is 0. The first-order chi connectivity index (χ1) is 13.0. The molecule has 6 heteroatoms. The van der Waals surface area contributed by atoms with Crippen LogP contribution in [0.4, 0.5) is 11.4 Å². The average molecular weight is 369 g/mol. The van der Waals surface area contributed by atoms with E-state index in [0.29, 0.717) is 17.3 Å².